The van der Waals surface area contributed by atoms with Crippen LogP contribution in [0, 0.1) is 11.8 Å². The second-order valence-corrected chi connectivity index (χ2v) is 7.07. The molecule has 112 valence electrons. The number of carbonyl (C=O) groups excluding carboxylic acids is 1. The third kappa shape index (κ3) is 2.20. The van der Waals surface area contributed by atoms with E-state index in [4.69, 9.17) is 4.74 Å². The molecule has 0 aromatic heterocycles. The van der Waals surface area contributed by atoms with E-state index in [-0.39, 0.29) is 5.97 Å². The van der Waals surface area contributed by atoms with Crippen LogP contribution in [-0.2, 0) is 9.53 Å². The van der Waals surface area contributed by atoms with Crippen molar-refractivity contribution in [2.45, 2.75) is 75.4 Å². The molecule has 0 saturated heterocycles. The van der Waals surface area contributed by atoms with Gasteiger partial charge in [0.2, 0.25) is 0 Å². The summed E-state index contributed by atoms with van der Waals surface area (Å²) in [6, 6.07) is 0. The molecule has 0 bridgehead atoms. The molecule has 4 atom stereocenters. The van der Waals surface area contributed by atoms with E-state index in [1.165, 1.54) is 31.8 Å². The Bertz CT molecular complexity index is 405. The molecule has 20 heavy (non-hydrogen) atoms. The van der Waals surface area contributed by atoms with Crippen molar-refractivity contribution >= 4 is 5.97 Å². The van der Waals surface area contributed by atoms with E-state index >= 15 is 0 Å². The van der Waals surface area contributed by atoms with E-state index < -0.39 is 11.2 Å². The van der Waals surface area contributed by atoms with Crippen molar-refractivity contribution in [2.24, 2.45) is 11.8 Å². The van der Waals surface area contributed by atoms with Crippen molar-refractivity contribution in [3.8, 4) is 0 Å². The minimum absolute atomic E-state index is 0.375. The van der Waals surface area contributed by atoms with Gasteiger partial charge in [-0.25, -0.2) is 4.79 Å². The van der Waals surface area contributed by atoms with Crippen LogP contribution < -0.4 is 0 Å². The van der Waals surface area contributed by atoms with Gasteiger partial charge in [-0.05, 0) is 43.9 Å². The van der Waals surface area contributed by atoms with E-state index in [1.807, 2.05) is 0 Å². The molecule has 1 N–H and O–H groups in total. The number of aliphatic hydroxyl groups is 1. The zero-order valence-corrected chi connectivity index (χ0v) is 12.3. The number of rotatable bonds is 2. The van der Waals surface area contributed by atoms with Crippen molar-refractivity contribution in [3.63, 3.8) is 0 Å². The average Bonchev–Trinajstić information content (AvgIpc) is 2.44. The first-order chi connectivity index (χ1) is 9.59. The van der Waals surface area contributed by atoms with Gasteiger partial charge in [0.05, 0.1) is 0 Å². The lowest BCUT2D eigenvalue weighted by Gasteiger charge is -2.57. The Morgan fingerprint density at radius 1 is 1.10 bits per heavy atom. The lowest BCUT2D eigenvalue weighted by Crippen LogP contribution is -2.63. The van der Waals surface area contributed by atoms with Crippen molar-refractivity contribution in [1.82, 2.24) is 0 Å². The second-order valence-electron chi connectivity index (χ2n) is 7.07. The number of esters is 1. The van der Waals surface area contributed by atoms with Crippen LogP contribution in [0.4, 0.5) is 0 Å². The zero-order chi connectivity index (χ0) is 14.2. The van der Waals surface area contributed by atoms with Gasteiger partial charge >= 0.3 is 5.97 Å². The molecule has 0 spiro atoms. The Hall–Kier alpha value is -0.830. The van der Waals surface area contributed by atoms with Crippen LogP contribution in [0.5, 0.6) is 0 Å². The number of ether oxygens (including phenoxy) is 1. The third-order valence-electron chi connectivity index (χ3n) is 5.99. The Morgan fingerprint density at radius 3 is 2.45 bits per heavy atom. The summed E-state index contributed by atoms with van der Waals surface area (Å²) in [4.78, 5) is 11.8. The first-order valence-electron chi connectivity index (χ1n) is 8.16. The van der Waals surface area contributed by atoms with Gasteiger partial charge < -0.3 is 9.84 Å². The van der Waals surface area contributed by atoms with E-state index in [0.29, 0.717) is 11.8 Å². The van der Waals surface area contributed by atoms with Crippen LogP contribution in [-0.4, -0.2) is 22.3 Å². The highest BCUT2D eigenvalue weighted by atomic mass is 16.6. The molecule has 3 fully saturated rings. The molecule has 0 heterocycles. The first-order valence-corrected chi connectivity index (χ1v) is 8.16. The van der Waals surface area contributed by atoms with E-state index in [9.17, 15) is 9.90 Å². The Morgan fingerprint density at radius 2 is 1.75 bits per heavy atom. The minimum Gasteiger partial charge on any atom is -0.453 e. The van der Waals surface area contributed by atoms with Crippen LogP contribution in [0.2, 0.25) is 0 Å². The van der Waals surface area contributed by atoms with Gasteiger partial charge in [0.15, 0.2) is 0 Å². The number of fused-ring (bicyclic) bond motifs is 2. The topological polar surface area (TPSA) is 46.5 Å². The molecule has 0 aromatic carbocycles. The Labute approximate surface area is 121 Å². The highest BCUT2D eigenvalue weighted by molar-refractivity contribution is 5.81. The van der Waals surface area contributed by atoms with E-state index in [2.05, 4.69) is 6.58 Å². The van der Waals surface area contributed by atoms with Gasteiger partial charge in [0.25, 0.3) is 0 Å². The fourth-order valence-corrected chi connectivity index (χ4v) is 4.97. The SMILES string of the molecule is C=CC(=O)O[C@@]12CCCC[C@]1(O)C[C@@H]1CCCC[C@@H]1C2. The summed E-state index contributed by atoms with van der Waals surface area (Å²) in [6.45, 7) is 3.51. The summed E-state index contributed by atoms with van der Waals surface area (Å²) in [5.74, 6) is 0.877. The van der Waals surface area contributed by atoms with Crippen molar-refractivity contribution in [2.75, 3.05) is 0 Å². The van der Waals surface area contributed by atoms with Crippen LogP contribution in [0.25, 0.3) is 0 Å². The van der Waals surface area contributed by atoms with Crippen LogP contribution in [0.3, 0.4) is 0 Å². The van der Waals surface area contributed by atoms with Crippen LogP contribution in [0.15, 0.2) is 12.7 Å². The molecule has 0 radical (unpaired) electrons. The molecule has 0 unspecified atom stereocenters. The molecule has 3 aliphatic carbocycles. The molecule has 3 nitrogen and oxygen atoms in total. The lowest BCUT2D eigenvalue weighted by molar-refractivity contribution is -0.237. The molecule has 0 aliphatic heterocycles. The zero-order valence-electron chi connectivity index (χ0n) is 12.3. The molecule has 3 heteroatoms. The molecule has 3 aliphatic rings. The summed E-state index contributed by atoms with van der Waals surface area (Å²) in [5.41, 5.74) is -1.45. The second kappa shape index (κ2) is 5.18. The monoisotopic (exact) mass is 278 g/mol. The van der Waals surface area contributed by atoms with Crippen LogP contribution in [0.1, 0.15) is 64.2 Å². The fraction of sp³-hybridized carbons (Fsp3) is 0.824. The minimum atomic E-state index is -0.803. The maximum atomic E-state index is 11.8. The van der Waals surface area contributed by atoms with Crippen molar-refractivity contribution in [3.05, 3.63) is 12.7 Å². The summed E-state index contributed by atoms with van der Waals surface area (Å²) < 4.78 is 5.78. The smallest absolute Gasteiger partial charge is 0.330 e. The summed E-state index contributed by atoms with van der Waals surface area (Å²) in [7, 11) is 0. The van der Waals surface area contributed by atoms with E-state index in [0.717, 1.165) is 38.5 Å². The Kier molecular flexibility index (Phi) is 3.65. The standard InChI is InChI=1S/C17H26O3/c1-2-15(18)20-17-10-6-5-9-16(17,19)11-13-7-3-4-8-14(13)12-17/h2,13-14,19H,1,3-12H2/t13-,14+,16-,17+/m0/s1. The summed E-state index contributed by atoms with van der Waals surface area (Å²) in [6.07, 6.45) is 11.6. The average molecular weight is 278 g/mol. The van der Waals surface area contributed by atoms with Crippen LogP contribution >= 0.6 is 0 Å². The highest BCUT2D eigenvalue weighted by Crippen LogP contribution is 2.55. The van der Waals surface area contributed by atoms with Crippen molar-refractivity contribution < 1.29 is 14.6 Å². The van der Waals surface area contributed by atoms with Gasteiger partial charge in [-0.3, -0.25) is 0 Å². The van der Waals surface area contributed by atoms with Gasteiger partial charge in [0.1, 0.15) is 11.2 Å². The van der Waals surface area contributed by atoms with E-state index in [1.54, 1.807) is 0 Å². The molecule has 3 rings (SSSR count). The first kappa shape index (κ1) is 14.1. The molecule has 0 amide bonds. The molecule has 3 saturated carbocycles. The Balaban J connectivity index is 1.89. The third-order valence-corrected chi connectivity index (χ3v) is 5.99. The predicted molar refractivity (Wildman–Crippen MR) is 77.1 cm³/mol. The summed E-state index contributed by atoms with van der Waals surface area (Å²) >= 11 is 0. The number of hydrogen-bond donors (Lipinski definition) is 1. The quantitative estimate of drug-likeness (QED) is 0.622. The summed E-state index contributed by atoms with van der Waals surface area (Å²) in [5, 5.41) is 11.2. The van der Waals surface area contributed by atoms with Crippen molar-refractivity contribution in [1.29, 1.82) is 0 Å². The highest BCUT2D eigenvalue weighted by Gasteiger charge is 2.60. The lowest BCUT2D eigenvalue weighted by atomic mass is 9.55. The molecule has 0 aromatic rings. The molecular weight excluding hydrogens is 252 g/mol. The fourth-order valence-electron chi connectivity index (χ4n) is 4.97. The van der Waals surface area contributed by atoms with Gasteiger partial charge in [-0.2, -0.15) is 0 Å². The maximum Gasteiger partial charge on any atom is 0.330 e. The normalized spacial score (nSPS) is 44.0. The largest absolute Gasteiger partial charge is 0.453 e. The number of hydrogen-bond acceptors (Lipinski definition) is 3. The van der Waals surface area contributed by atoms with Gasteiger partial charge in [0, 0.05) is 6.08 Å². The van der Waals surface area contributed by atoms with Gasteiger partial charge in [-0.15, -0.1) is 0 Å². The maximum absolute atomic E-state index is 11.8. The number of carbonyl (C=O) groups is 1. The molecular formula is C17H26O3. The predicted octanol–water partition coefficient (Wildman–Crippen LogP) is 3.36. The van der Waals surface area contributed by atoms with Gasteiger partial charge in [-0.1, -0.05) is 38.7 Å².